The topological polar surface area (TPSA) is 73.8 Å². The Morgan fingerprint density at radius 1 is 1.56 bits per heavy atom. The summed E-state index contributed by atoms with van der Waals surface area (Å²) in [5.74, 6) is 0.796. The summed E-state index contributed by atoms with van der Waals surface area (Å²) in [4.78, 5) is 15.8. The number of ketones is 1. The number of aromatic nitrogens is 3. The molecule has 0 saturated heterocycles. The summed E-state index contributed by atoms with van der Waals surface area (Å²) in [5.41, 5.74) is 5.91. The minimum absolute atomic E-state index is 0.0461. The molecule has 0 fully saturated rings. The van der Waals surface area contributed by atoms with Gasteiger partial charge in [-0.25, -0.2) is 4.98 Å². The standard InChI is InChI=1S/C11H20N4O/c1-11(2,3)9(12)5-8(16)6-10-13-7-14-15(10)4/h7,9H,5-6,12H2,1-4H3. The number of hydrogen-bond donors (Lipinski definition) is 1. The first-order valence-corrected chi connectivity index (χ1v) is 5.41. The molecule has 0 aliphatic rings. The second-order valence-corrected chi connectivity index (χ2v) is 5.19. The highest BCUT2D eigenvalue weighted by molar-refractivity contribution is 5.80. The highest BCUT2D eigenvalue weighted by Gasteiger charge is 2.23. The SMILES string of the molecule is Cn1ncnc1CC(=O)CC(N)C(C)(C)C. The molecule has 0 radical (unpaired) electrons. The normalized spacial score (nSPS) is 13.8. The summed E-state index contributed by atoms with van der Waals surface area (Å²) in [6.07, 6.45) is 2.14. The van der Waals surface area contributed by atoms with Crippen molar-refractivity contribution in [3.63, 3.8) is 0 Å². The maximum absolute atomic E-state index is 11.8. The minimum atomic E-state index is -0.117. The molecule has 0 amide bonds. The predicted molar refractivity (Wildman–Crippen MR) is 61.8 cm³/mol. The minimum Gasteiger partial charge on any atom is -0.327 e. The number of nitrogens with zero attached hydrogens (tertiary/aromatic N) is 3. The van der Waals surface area contributed by atoms with Gasteiger partial charge in [-0.3, -0.25) is 9.48 Å². The Hall–Kier alpha value is -1.23. The van der Waals surface area contributed by atoms with Crippen LogP contribution in [0.5, 0.6) is 0 Å². The summed E-state index contributed by atoms with van der Waals surface area (Å²) < 4.78 is 1.61. The van der Waals surface area contributed by atoms with Gasteiger partial charge in [-0.1, -0.05) is 20.8 Å². The third-order valence-electron chi connectivity index (χ3n) is 2.72. The van der Waals surface area contributed by atoms with Gasteiger partial charge in [0.05, 0.1) is 6.42 Å². The number of carbonyl (C=O) groups is 1. The van der Waals surface area contributed by atoms with E-state index in [1.54, 1.807) is 11.7 Å². The molecule has 90 valence electrons. The first-order valence-electron chi connectivity index (χ1n) is 5.41. The predicted octanol–water partition coefficient (Wildman–Crippen LogP) is 0.690. The fraction of sp³-hybridized carbons (Fsp3) is 0.727. The highest BCUT2D eigenvalue weighted by atomic mass is 16.1. The smallest absolute Gasteiger partial charge is 0.142 e. The van der Waals surface area contributed by atoms with Crippen LogP contribution in [0.3, 0.4) is 0 Å². The van der Waals surface area contributed by atoms with Crippen LogP contribution in [0.4, 0.5) is 0 Å². The van der Waals surface area contributed by atoms with E-state index in [9.17, 15) is 4.79 Å². The van der Waals surface area contributed by atoms with Crippen LogP contribution in [0.15, 0.2) is 6.33 Å². The lowest BCUT2D eigenvalue weighted by Gasteiger charge is -2.26. The zero-order valence-electron chi connectivity index (χ0n) is 10.4. The molecule has 5 heteroatoms. The van der Waals surface area contributed by atoms with Gasteiger partial charge in [0.25, 0.3) is 0 Å². The fourth-order valence-electron chi connectivity index (χ4n) is 1.28. The Morgan fingerprint density at radius 2 is 2.19 bits per heavy atom. The van der Waals surface area contributed by atoms with E-state index in [2.05, 4.69) is 10.1 Å². The molecule has 1 heterocycles. The Morgan fingerprint density at radius 3 is 2.62 bits per heavy atom. The molecule has 1 atom stereocenters. The van der Waals surface area contributed by atoms with Crippen molar-refractivity contribution in [3.05, 3.63) is 12.2 Å². The molecule has 0 bridgehead atoms. The number of nitrogens with two attached hydrogens (primary N) is 1. The Kier molecular flexibility index (Phi) is 3.80. The molecular weight excluding hydrogens is 204 g/mol. The summed E-state index contributed by atoms with van der Waals surface area (Å²) in [5, 5.41) is 3.92. The molecule has 2 N–H and O–H groups in total. The van der Waals surface area contributed by atoms with Crippen LogP contribution < -0.4 is 5.73 Å². The largest absolute Gasteiger partial charge is 0.327 e. The van der Waals surface area contributed by atoms with E-state index in [0.29, 0.717) is 18.7 Å². The van der Waals surface area contributed by atoms with E-state index in [4.69, 9.17) is 5.73 Å². The molecule has 1 aromatic rings. The average Bonchev–Trinajstić information content (AvgIpc) is 2.50. The van der Waals surface area contributed by atoms with Crippen molar-refractivity contribution < 1.29 is 4.79 Å². The molecule has 0 aliphatic heterocycles. The maximum Gasteiger partial charge on any atom is 0.142 e. The first kappa shape index (κ1) is 12.8. The van der Waals surface area contributed by atoms with Crippen LogP contribution in [0.1, 0.15) is 33.0 Å². The summed E-state index contributed by atoms with van der Waals surface area (Å²) in [7, 11) is 1.78. The van der Waals surface area contributed by atoms with E-state index in [0.717, 1.165) is 0 Å². The monoisotopic (exact) mass is 224 g/mol. The fourth-order valence-corrected chi connectivity index (χ4v) is 1.28. The molecular formula is C11H20N4O. The molecule has 1 rings (SSSR count). The van der Waals surface area contributed by atoms with Crippen molar-refractivity contribution in [2.75, 3.05) is 0 Å². The van der Waals surface area contributed by atoms with Crippen LogP contribution in [-0.2, 0) is 18.3 Å². The van der Waals surface area contributed by atoms with Gasteiger partial charge in [0.2, 0.25) is 0 Å². The molecule has 16 heavy (non-hydrogen) atoms. The molecule has 1 unspecified atom stereocenters. The lowest BCUT2D eigenvalue weighted by Crippen LogP contribution is -2.37. The van der Waals surface area contributed by atoms with Crippen molar-refractivity contribution >= 4 is 5.78 Å². The zero-order valence-corrected chi connectivity index (χ0v) is 10.4. The van der Waals surface area contributed by atoms with Gasteiger partial charge in [0, 0.05) is 19.5 Å². The lowest BCUT2D eigenvalue weighted by atomic mass is 9.84. The second-order valence-electron chi connectivity index (χ2n) is 5.19. The maximum atomic E-state index is 11.8. The first-order chi connectivity index (χ1) is 7.30. The van der Waals surface area contributed by atoms with Crippen molar-refractivity contribution in [1.29, 1.82) is 0 Å². The number of Topliss-reactive ketones (excluding diaryl/α,β-unsaturated/α-hetero) is 1. The van der Waals surface area contributed by atoms with Gasteiger partial charge in [-0.15, -0.1) is 0 Å². The highest BCUT2D eigenvalue weighted by Crippen LogP contribution is 2.20. The third-order valence-corrected chi connectivity index (χ3v) is 2.72. The van der Waals surface area contributed by atoms with Gasteiger partial charge in [0.1, 0.15) is 17.9 Å². The molecule has 0 saturated carbocycles. The number of hydrogen-bond acceptors (Lipinski definition) is 4. The van der Waals surface area contributed by atoms with Crippen molar-refractivity contribution in [3.8, 4) is 0 Å². The molecule has 1 aromatic heterocycles. The van der Waals surface area contributed by atoms with Gasteiger partial charge in [-0.2, -0.15) is 5.10 Å². The quantitative estimate of drug-likeness (QED) is 0.816. The van der Waals surface area contributed by atoms with Crippen molar-refractivity contribution in [2.24, 2.45) is 18.2 Å². The Bertz CT molecular complexity index is 364. The number of rotatable bonds is 4. The molecule has 0 aliphatic carbocycles. The Balaban J connectivity index is 2.52. The van der Waals surface area contributed by atoms with E-state index in [1.165, 1.54) is 6.33 Å². The van der Waals surface area contributed by atoms with Gasteiger partial charge >= 0.3 is 0 Å². The van der Waals surface area contributed by atoms with E-state index < -0.39 is 0 Å². The van der Waals surface area contributed by atoms with Crippen LogP contribution in [-0.4, -0.2) is 26.6 Å². The zero-order chi connectivity index (χ0) is 12.3. The van der Waals surface area contributed by atoms with Crippen LogP contribution in [0.2, 0.25) is 0 Å². The molecule has 5 nitrogen and oxygen atoms in total. The van der Waals surface area contributed by atoms with Crippen LogP contribution in [0, 0.1) is 5.41 Å². The van der Waals surface area contributed by atoms with Gasteiger partial charge < -0.3 is 5.73 Å². The van der Waals surface area contributed by atoms with Crippen molar-refractivity contribution in [1.82, 2.24) is 14.8 Å². The lowest BCUT2D eigenvalue weighted by molar-refractivity contribution is -0.119. The van der Waals surface area contributed by atoms with E-state index >= 15 is 0 Å². The third kappa shape index (κ3) is 3.41. The molecule has 0 aromatic carbocycles. The Labute approximate surface area is 96.0 Å². The number of carbonyl (C=O) groups excluding carboxylic acids is 1. The van der Waals surface area contributed by atoms with Crippen molar-refractivity contribution in [2.45, 2.75) is 39.7 Å². The average molecular weight is 224 g/mol. The van der Waals surface area contributed by atoms with E-state index in [1.807, 2.05) is 20.8 Å². The molecule has 0 spiro atoms. The number of aryl methyl sites for hydroxylation is 1. The van der Waals surface area contributed by atoms with Crippen LogP contribution >= 0.6 is 0 Å². The van der Waals surface area contributed by atoms with Crippen LogP contribution in [0.25, 0.3) is 0 Å². The summed E-state index contributed by atoms with van der Waals surface area (Å²) in [6.45, 7) is 6.10. The van der Waals surface area contributed by atoms with Gasteiger partial charge in [-0.05, 0) is 5.41 Å². The summed E-state index contributed by atoms with van der Waals surface area (Å²) >= 11 is 0. The van der Waals surface area contributed by atoms with E-state index in [-0.39, 0.29) is 17.2 Å². The second kappa shape index (κ2) is 4.74. The van der Waals surface area contributed by atoms with Gasteiger partial charge in [0.15, 0.2) is 0 Å². The summed E-state index contributed by atoms with van der Waals surface area (Å²) in [6, 6.07) is -0.117.